The average Bonchev–Trinajstić information content (AvgIpc) is 2.88. The molecule has 1 aliphatic carbocycles. The second kappa shape index (κ2) is 15.2. The van der Waals surface area contributed by atoms with Gasteiger partial charge in [-0.1, -0.05) is 45.7 Å². The minimum atomic E-state index is -0.831. The van der Waals surface area contributed by atoms with Gasteiger partial charge in [0.15, 0.2) is 11.6 Å². The SMILES string of the molecule is CC(CCCCCC(=O)N[C@H](C(=O)N[C@@H](C)C(=O)Nc1cccc(CO)c1)C(C)C)C1CC(=O)C=CC1=O. The van der Waals surface area contributed by atoms with Gasteiger partial charge in [0.05, 0.1) is 6.61 Å². The molecule has 1 aliphatic rings. The van der Waals surface area contributed by atoms with Gasteiger partial charge in [-0.05, 0) is 61.4 Å². The van der Waals surface area contributed by atoms with Crippen molar-refractivity contribution in [3.63, 3.8) is 0 Å². The maximum Gasteiger partial charge on any atom is 0.246 e. The number of aliphatic hydroxyl groups excluding tert-OH is 1. The first-order valence-corrected chi connectivity index (χ1v) is 13.4. The van der Waals surface area contributed by atoms with Crippen LogP contribution < -0.4 is 16.0 Å². The smallest absolute Gasteiger partial charge is 0.246 e. The van der Waals surface area contributed by atoms with Crippen LogP contribution in [0.4, 0.5) is 5.69 Å². The molecule has 0 heterocycles. The minimum absolute atomic E-state index is 0.00952. The predicted octanol–water partition coefficient (Wildman–Crippen LogP) is 3.06. The fourth-order valence-electron chi connectivity index (χ4n) is 4.44. The summed E-state index contributed by atoms with van der Waals surface area (Å²) < 4.78 is 0. The number of carbonyl (C=O) groups excluding carboxylic acids is 5. The third-order valence-electron chi connectivity index (χ3n) is 6.86. The zero-order chi connectivity index (χ0) is 28.2. The zero-order valence-electron chi connectivity index (χ0n) is 22.8. The van der Waals surface area contributed by atoms with Gasteiger partial charge in [0.2, 0.25) is 17.7 Å². The van der Waals surface area contributed by atoms with Gasteiger partial charge in [-0.15, -0.1) is 0 Å². The quantitative estimate of drug-likeness (QED) is 0.274. The van der Waals surface area contributed by atoms with Crippen LogP contribution in [0.3, 0.4) is 0 Å². The number of rotatable bonds is 14. The highest BCUT2D eigenvalue weighted by atomic mass is 16.3. The summed E-state index contributed by atoms with van der Waals surface area (Å²) >= 11 is 0. The van der Waals surface area contributed by atoms with E-state index in [1.165, 1.54) is 12.2 Å². The van der Waals surface area contributed by atoms with Crippen molar-refractivity contribution in [2.45, 2.75) is 84.9 Å². The van der Waals surface area contributed by atoms with E-state index in [0.717, 1.165) is 19.3 Å². The number of nitrogens with one attached hydrogen (secondary N) is 3. The molecule has 9 heteroatoms. The van der Waals surface area contributed by atoms with Crippen molar-refractivity contribution in [1.82, 2.24) is 10.6 Å². The van der Waals surface area contributed by atoms with E-state index >= 15 is 0 Å². The van der Waals surface area contributed by atoms with Crippen LogP contribution in [0.1, 0.15) is 71.8 Å². The van der Waals surface area contributed by atoms with Crippen LogP contribution in [0.15, 0.2) is 36.4 Å². The molecular weight excluding hydrogens is 486 g/mol. The second-order valence-electron chi connectivity index (χ2n) is 10.5. The van der Waals surface area contributed by atoms with Crippen LogP contribution in [-0.2, 0) is 30.6 Å². The molecule has 3 amide bonds. The number of aliphatic hydroxyl groups is 1. The monoisotopic (exact) mass is 527 g/mol. The molecule has 0 aliphatic heterocycles. The molecule has 0 aromatic heterocycles. The fourth-order valence-corrected chi connectivity index (χ4v) is 4.44. The second-order valence-corrected chi connectivity index (χ2v) is 10.5. The molecule has 9 nitrogen and oxygen atoms in total. The van der Waals surface area contributed by atoms with E-state index in [9.17, 15) is 29.1 Å². The van der Waals surface area contributed by atoms with Crippen molar-refractivity contribution < 1.29 is 29.1 Å². The molecule has 0 saturated heterocycles. The first kappa shape index (κ1) is 30.9. The lowest BCUT2D eigenvalue weighted by Gasteiger charge is -2.24. The Hall–Kier alpha value is -3.33. The highest BCUT2D eigenvalue weighted by Gasteiger charge is 2.28. The lowest BCUT2D eigenvalue weighted by molar-refractivity contribution is -0.131. The Bertz CT molecular complexity index is 1030. The van der Waals surface area contributed by atoms with Crippen LogP contribution in [0.25, 0.3) is 0 Å². The Morgan fingerprint density at radius 1 is 0.974 bits per heavy atom. The third-order valence-corrected chi connectivity index (χ3v) is 6.86. The number of unbranched alkanes of at least 4 members (excludes halogenated alkanes) is 2. The number of hydrogen-bond donors (Lipinski definition) is 4. The van der Waals surface area contributed by atoms with Crippen LogP contribution in [0.5, 0.6) is 0 Å². The normalized spacial score (nSPS) is 17.6. The van der Waals surface area contributed by atoms with Gasteiger partial charge in [0.25, 0.3) is 0 Å². The molecule has 4 atom stereocenters. The summed E-state index contributed by atoms with van der Waals surface area (Å²) in [4.78, 5) is 61.5. The molecular formula is C29H41N3O6. The Morgan fingerprint density at radius 3 is 2.39 bits per heavy atom. The fraction of sp³-hybridized carbons (Fsp3) is 0.552. The van der Waals surface area contributed by atoms with Gasteiger partial charge >= 0.3 is 0 Å². The van der Waals surface area contributed by atoms with Crippen molar-refractivity contribution in [1.29, 1.82) is 0 Å². The number of amides is 3. The van der Waals surface area contributed by atoms with E-state index in [1.807, 2.05) is 20.8 Å². The summed E-state index contributed by atoms with van der Waals surface area (Å²) in [7, 11) is 0. The number of ketones is 2. The first-order chi connectivity index (χ1) is 18.0. The Kier molecular flexibility index (Phi) is 12.3. The Balaban J connectivity index is 1.75. The maximum absolute atomic E-state index is 12.8. The van der Waals surface area contributed by atoms with Crippen molar-refractivity contribution in [3.05, 3.63) is 42.0 Å². The van der Waals surface area contributed by atoms with Crippen molar-refractivity contribution in [2.24, 2.45) is 17.8 Å². The summed E-state index contributed by atoms with van der Waals surface area (Å²) in [5.74, 6) is -1.40. The van der Waals surface area contributed by atoms with Gasteiger partial charge in [-0.2, -0.15) is 0 Å². The predicted molar refractivity (Wildman–Crippen MR) is 145 cm³/mol. The minimum Gasteiger partial charge on any atom is -0.392 e. The lowest BCUT2D eigenvalue weighted by Crippen LogP contribution is -2.53. The van der Waals surface area contributed by atoms with Gasteiger partial charge < -0.3 is 21.1 Å². The Morgan fingerprint density at radius 2 is 1.71 bits per heavy atom. The lowest BCUT2D eigenvalue weighted by atomic mass is 9.80. The maximum atomic E-state index is 12.8. The van der Waals surface area contributed by atoms with E-state index < -0.39 is 23.9 Å². The molecule has 1 aromatic rings. The Labute approximate surface area is 224 Å². The number of allylic oxidation sites excluding steroid dienone is 2. The van der Waals surface area contributed by atoms with Gasteiger partial charge in [-0.25, -0.2) is 0 Å². The van der Waals surface area contributed by atoms with Crippen molar-refractivity contribution in [2.75, 3.05) is 5.32 Å². The van der Waals surface area contributed by atoms with Gasteiger partial charge in [0.1, 0.15) is 12.1 Å². The molecule has 2 rings (SSSR count). The molecule has 0 fully saturated rings. The summed E-state index contributed by atoms with van der Waals surface area (Å²) in [6.45, 7) is 7.05. The molecule has 0 saturated carbocycles. The number of benzene rings is 1. The topological polar surface area (TPSA) is 142 Å². The van der Waals surface area contributed by atoms with E-state index in [-0.39, 0.29) is 54.7 Å². The van der Waals surface area contributed by atoms with Gasteiger partial charge in [-0.3, -0.25) is 24.0 Å². The number of hydrogen-bond acceptors (Lipinski definition) is 6. The van der Waals surface area contributed by atoms with E-state index in [2.05, 4.69) is 16.0 Å². The van der Waals surface area contributed by atoms with Crippen LogP contribution in [0.2, 0.25) is 0 Å². The molecule has 0 bridgehead atoms. The highest BCUT2D eigenvalue weighted by molar-refractivity contribution is 6.06. The summed E-state index contributed by atoms with van der Waals surface area (Å²) in [6.07, 6.45) is 6.37. The number of carbonyl (C=O) groups is 5. The average molecular weight is 528 g/mol. The summed E-state index contributed by atoms with van der Waals surface area (Å²) in [6, 6.07) is 5.18. The van der Waals surface area contributed by atoms with Crippen LogP contribution in [0, 0.1) is 17.8 Å². The van der Waals surface area contributed by atoms with Crippen molar-refractivity contribution >= 4 is 35.0 Å². The highest BCUT2D eigenvalue weighted by Crippen LogP contribution is 2.26. The first-order valence-electron chi connectivity index (χ1n) is 13.4. The van der Waals surface area contributed by atoms with E-state index in [1.54, 1.807) is 31.2 Å². The zero-order valence-corrected chi connectivity index (χ0v) is 22.8. The van der Waals surface area contributed by atoms with Gasteiger partial charge in [0, 0.05) is 24.4 Å². The van der Waals surface area contributed by atoms with Crippen LogP contribution in [-0.4, -0.2) is 46.5 Å². The molecule has 0 radical (unpaired) electrons. The van der Waals surface area contributed by atoms with E-state index in [4.69, 9.17) is 0 Å². The van der Waals surface area contributed by atoms with Crippen LogP contribution >= 0.6 is 0 Å². The van der Waals surface area contributed by atoms with Crippen molar-refractivity contribution in [3.8, 4) is 0 Å². The number of anilines is 1. The summed E-state index contributed by atoms with van der Waals surface area (Å²) in [5.41, 5.74) is 1.17. The third kappa shape index (κ3) is 9.85. The van der Waals surface area contributed by atoms with E-state index in [0.29, 0.717) is 17.7 Å². The molecule has 0 spiro atoms. The standard InChI is InChI=1S/C29H41N3O6/c1-18(2)27(29(38)30-20(4)28(37)31-22-11-8-10-21(15-22)17-33)32-26(36)12-7-5-6-9-19(3)24-16-23(34)13-14-25(24)35/h8,10-11,13-15,18-20,24,27,33H,5-7,9,12,16-17H2,1-4H3,(H,30,38)(H,31,37)(H,32,36)/t19?,20-,24?,27-/m0/s1. The largest absolute Gasteiger partial charge is 0.392 e. The molecule has 38 heavy (non-hydrogen) atoms. The molecule has 2 unspecified atom stereocenters. The molecule has 1 aromatic carbocycles. The molecule has 4 N–H and O–H groups in total. The molecule has 208 valence electrons. The summed E-state index contributed by atoms with van der Waals surface area (Å²) in [5, 5.41) is 17.4.